The zero-order valence-corrected chi connectivity index (χ0v) is 15.7. The zero-order valence-electron chi connectivity index (χ0n) is 14.1. The zero-order chi connectivity index (χ0) is 17.9. The first-order chi connectivity index (χ1) is 11.3. The lowest BCUT2D eigenvalue weighted by atomic mass is 9.97. The summed E-state index contributed by atoms with van der Waals surface area (Å²) >= 11 is 6.07. The maximum Gasteiger partial charge on any atom is 0.227 e. The second-order valence-corrected chi connectivity index (χ2v) is 8.53. The number of rotatable bonds is 5. The minimum atomic E-state index is -3.18. The molecule has 8 heteroatoms. The van der Waals surface area contributed by atoms with E-state index < -0.39 is 10.0 Å². The van der Waals surface area contributed by atoms with Crippen LogP contribution in [0.3, 0.4) is 0 Å². The molecule has 1 aliphatic heterocycles. The Morgan fingerprint density at radius 3 is 2.54 bits per heavy atom. The number of aryl methyl sites for hydroxylation is 1. The van der Waals surface area contributed by atoms with Gasteiger partial charge in [-0.2, -0.15) is 0 Å². The van der Waals surface area contributed by atoms with Crippen molar-refractivity contribution in [2.45, 2.75) is 26.7 Å². The number of anilines is 1. The molecular formula is C16H23ClN2O4S. The molecule has 0 bridgehead atoms. The minimum absolute atomic E-state index is 0.0884. The SMILES string of the molecule is CCS(=O)(=O)N1CCC(C(=O)Nc2cc(C)c(Cl)cc2OC)CC1. The lowest BCUT2D eigenvalue weighted by Gasteiger charge is -2.30. The summed E-state index contributed by atoms with van der Waals surface area (Å²) in [6.45, 7) is 4.24. The first kappa shape index (κ1) is 19.0. The van der Waals surface area contributed by atoms with E-state index in [1.54, 1.807) is 19.1 Å². The highest BCUT2D eigenvalue weighted by molar-refractivity contribution is 7.89. The molecule has 6 nitrogen and oxygen atoms in total. The first-order valence-corrected chi connectivity index (χ1v) is 9.90. The number of ether oxygens (including phenoxy) is 1. The highest BCUT2D eigenvalue weighted by atomic mass is 35.5. The van der Waals surface area contributed by atoms with Crippen molar-refractivity contribution in [1.82, 2.24) is 4.31 Å². The number of nitrogens with zero attached hydrogens (tertiary/aromatic N) is 1. The molecule has 0 unspecified atom stereocenters. The highest BCUT2D eigenvalue weighted by Crippen LogP contribution is 2.32. The molecule has 2 rings (SSSR count). The molecule has 0 spiro atoms. The van der Waals surface area contributed by atoms with Gasteiger partial charge in [-0.1, -0.05) is 11.6 Å². The van der Waals surface area contributed by atoms with Crippen LogP contribution < -0.4 is 10.1 Å². The van der Waals surface area contributed by atoms with Gasteiger partial charge >= 0.3 is 0 Å². The topological polar surface area (TPSA) is 75.7 Å². The van der Waals surface area contributed by atoms with Crippen LogP contribution in [0.15, 0.2) is 12.1 Å². The number of carbonyl (C=O) groups is 1. The first-order valence-electron chi connectivity index (χ1n) is 7.91. The largest absolute Gasteiger partial charge is 0.495 e. The van der Waals surface area contributed by atoms with Crippen molar-refractivity contribution in [3.8, 4) is 5.75 Å². The molecule has 1 heterocycles. The van der Waals surface area contributed by atoms with Gasteiger partial charge in [0.15, 0.2) is 0 Å². The van der Waals surface area contributed by atoms with Crippen LogP contribution in [0.2, 0.25) is 5.02 Å². The average molecular weight is 375 g/mol. The second-order valence-electron chi connectivity index (χ2n) is 5.86. The Bertz CT molecular complexity index is 713. The predicted molar refractivity (Wildman–Crippen MR) is 95.1 cm³/mol. The number of piperidine rings is 1. The van der Waals surface area contributed by atoms with E-state index in [9.17, 15) is 13.2 Å². The highest BCUT2D eigenvalue weighted by Gasteiger charge is 2.30. The van der Waals surface area contributed by atoms with Gasteiger partial charge in [-0.05, 0) is 38.3 Å². The summed E-state index contributed by atoms with van der Waals surface area (Å²) in [6, 6.07) is 3.44. The molecule has 1 saturated heterocycles. The quantitative estimate of drug-likeness (QED) is 0.859. The van der Waals surface area contributed by atoms with Crippen LogP contribution in [0.25, 0.3) is 0 Å². The number of hydrogen-bond acceptors (Lipinski definition) is 4. The Hall–Kier alpha value is -1.31. The van der Waals surface area contributed by atoms with E-state index in [1.807, 2.05) is 6.92 Å². The smallest absolute Gasteiger partial charge is 0.227 e. The summed E-state index contributed by atoms with van der Waals surface area (Å²) in [5, 5.41) is 3.45. The van der Waals surface area contributed by atoms with Gasteiger partial charge in [0, 0.05) is 30.1 Å². The van der Waals surface area contributed by atoms with E-state index in [4.69, 9.17) is 16.3 Å². The number of halogens is 1. The fourth-order valence-electron chi connectivity index (χ4n) is 2.74. The molecule has 1 fully saturated rings. The van der Waals surface area contributed by atoms with E-state index in [2.05, 4.69) is 5.32 Å². The number of benzene rings is 1. The van der Waals surface area contributed by atoms with Gasteiger partial charge in [0.25, 0.3) is 0 Å². The standard InChI is InChI=1S/C16H23ClN2O4S/c1-4-24(21,22)19-7-5-12(6-8-19)16(20)18-14-9-11(2)13(17)10-15(14)23-3/h9-10,12H,4-8H2,1-3H3,(H,18,20). The van der Waals surface area contributed by atoms with Gasteiger partial charge in [-0.3, -0.25) is 4.79 Å². The summed E-state index contributed by atoms with van der Waals surface area (Å²) < 4.78 is 30.5. The average Bonchev–Trinajstić information content (AvgIpc) is 2.58. The molecule has 0 aromatic heterocycles. The van der Waals surface area contributed by atoms with Crippen molar-refractivity contribution < 1.29 is 17.9 Å². The molecule has 1 aromatic carbocycles. The summed E-state index contributed by atoms with van der Waals surface area (Å²) in [4.78, 5) is 12.5. The van der Waals surface area contributed by atoms with E-state index in [1.165, 1.54) is 11.4 Å². The second kappa shape index (κ2) is 7.72. The minimum Gasteiger partial charge on any atom is -0.495 e. The van der Waals surface area contributed by atoms with Crippen LogP contribution in [0, 0.1) is 12.8 Å². The van der Waals surface area contributed by atoms with Crippen molar-refractivity contribution >= 4 is 33.2 Å². The van der Waals surface area contributed by atoms with Gasteiger partial charge in [-0.25, -0.2) is 12.7 Å². The van der Waals surface area contributed by atoms with Crippen LogP contribution in [-0.4, -0.2) is 44.6 Å². The van der Waals surface area contributed by atoms with Crippen molar-refractivity contribution in [3.63, 3.8) is 0 Å². The van der Waals surface area contributed by atoms with E-state index >= 15 is 0 Å². The van der Waals surface area contributed by atoms with Crippen LogP contribution in [0.4, 0.5) is 5.69 Å². The number of methoxy groups -OCH3 is 1. The molecule has 0 saturated carbocycles. The predicted octanol–water partition coefficient (Wildman–Crippen LogP) is 2.66. The van der Waals surface area contributed by atoms with Crippen LogP contribution in [-0.2, 0) is 14.8 Å². The summed E-state index contributed by atoms with van der Waals surface area (Å²) in [7, 11) is -1.66. The molecular weight excluding hydrogens is 352 g/mol. The Balaban J connectivity index is 2.03. The maximum absolute atomic E-state index is 12.5. The summed E-state index contributed by atoms with van der Waals surface area (Å²) in [6.07, 6.45) is 1.03. The third kappa shape index (κ3) is 4.20. The van der Waals surface area contributed by atoms with Crippen LogP contribution >= 0.6 is 11.6 Å². The van der Waals surface area contributed by atoms with Gasteiger partial charge in [0.05, 0.1) is 18.6 Å². The molecule has 1 N–H and O–H groups in total. The monoisotopic (exact) mass is 374 g/mol. The number of nitrogens with one attached hydrogen (secondary N) is 1. The number of carbonyl (C=O) groups excluding carboxylic acids is 1. The molecule has 0 aliphatic carbocycles. The third-order valence-electron chi connectivity index (χ3n) is 4.32. The van der Waals surface area contributed by atoms with E-state index in [-0.39, 0.29) is 17.6 Å². The molecule has 24 heavy (non-hydrogen) atoms. The number of sulfonamides is 1. The van der Waals surface area contributed by atoms with Crippen molar-refractivity contribution in [2.24, 2.45) is 5.92 Å². The Morgan fingerprint density at radius 2 is 2.00 bits per heavy atom. The Kier molecular flexibility index (Phi) is 6.11. The van der Waals surface area contributed by atoms with Crippen molar-refractivity contribution in [3.05, 3.63) is 22.7 Å². The van der Waals surface area contributed by atoms with Gasteiger partial charge in [0.1, 0.15) is 5.75 Å². The normalized spacial score (nSPS) is 16.8. The van der Waals surface area contributed by atoms with Crippen LogP contribution in [0.1, 0.15) is 25.3 Å². The van der Waals surface area contributed by atoms with Gasteiger partial charge < -0.3 is 10.1 Å². The van der Waals surface area contributed by atoms with E-state index in [0.717, 1.165) is 5.56 Å². The van der Waals surface area contributed by atoms with Crippen LogP contribution in [0.5, 0.6) is 5.75 Å². The molecule has 134 valence electrons. The Labute approximate surface area is 148 Å². The van der Waals surface area contributed by atoms with Gasteiger partial charge in [0.2, 0.25) is 15.9 Å². The van der Waals surface area contributed by atoms with E-state index in [0.29, 0.717) is 42.4 Å². The fourth-order valence-corrected chi connectivity index (χ4v) is 4.03. The number of hydrogen-bond donors (Lipinski definition) is 1. The molecule has 0 radical (unpaired) electrons. The Morgan fingerprint density at radius 1 is 1.38 bits per heavy atom. The third-order valence-corrected chi connectivity index (χ3v) is 6.61. The summed E-state index contributed by atoms with van der Waals surface area (Å²) in [5.41, 5.74) is 1.42. The van der Waals surface area contributed by atoms with Crippen molar-refractivity contribution in [2.75, 3.05) is 31.3 Å². The maximum atomic E-state index is 12.5. The molecule has 1 amide bonds. The fraction of sp³-hybridized carbons (Fsp3) is 0.562. The molecule has 0 atom stereocenters. The lowest BCUT2D eigenvalue weighted by Crippen LogP contribution is -2.42. The van der Waals surface area contributed by atoms with Crippen molar-refractivity contribution in [1.29, 1.82) is 0 Å². The van der Waals surface area contributed by atoms with Gasteiger partial charge in [-0.15, -0.1) is 0 Å². The number of amides is 1. The summed E-state index contributed by atoms with van der Waals surface area (Å²) in [5.74, 6) is 0.257. The molecule has 1 aliphatic rings. The lowest BCUT2D eigenvalue weighted by molar-refractivity contribution is -0.120. The molecule has 1 aromatic rings.